The van der Waals surface area contributed by atoms with E-state index in [1.807, 2.05) is 52.0 Å². The van der Waals surface area contributed by atoms with Crippen molar-refractivity contribution in [2.24, 2.45) is 0 Å². The van der Waals surface area contributed by atoms with Crippen LogP contribution >= 0.6 is 0 Å². The molecule has 2 aliphatic rings. The normalized spacial score (nSPS) is 24.9. The number of hydrogen-bond donors (Lipinski definition) is 2. The Balaban J connectivity index is 2.17. The first-order valence-electron chi connectivity index (χ1n) is 9.84. The van der Waals surface area contributed by atoms with Crippen LogP contribution in [-0.4, -0.2) is 47.7 Å². The maximum Gasteiger partial charge on any atom is 0.473 e. The van der Waals surface area contributed by atoms with E-state index in [4.69, 9.17) is 9.31 Å². The average Bonchev–Trinajstić information content (AvgIpc) is 2.80. The van der Waals surface area contributed by atoms with Crippen molar-refractivity contribution < 1.29 is 26.1 Å². The summed E-state index contributed by atoms with van der Waals surface area (Å²) in [5.41, 5.74) is -0.00640. The molecule has 11 heteroatoms. The van der Waals surface area contributed by atoms with Gasteiger partial charge in [0, 0.05) is 0 Å². The molecule has 0 aromatic heterocycles. The van der Waals surface area contributed by atoms with Crippen LogP contribution in [0.25, 0.3) is 0 Å². The molecule has 8 nitrogen and oxygen atoms in total. The highest BCUT2D eigenvalue weighted by atomic mass is 32.2. The lowest BCUT2D eigenvalue weighted by Crippen LogP contribution is -2.45. The molecule has 0 amide bonds. The molecule has 1 unspecified atom stereocenters. The highest BCUT2D eigenvalue weighted by Gasteiger charge is 2.59. The van der Waals surface area contributed by atoms with Gasteiger partial charge in [0.25, 0.3) is 0 Å². The van der Waals surface area contributed by atoms with E-state index in [1.165, 1.54) is 6.07 Å². The van der Waals surface area contributed by atoms with Gasteiger partial charge in [-0.1, -0.05) is 24.3 Å². The van der Waals surface area contributed by atoms with Crippen molar-refractivity contribution in [1.29, 1.82) is 0 Å². The van der Waals surface area contributed by atoms with Gasteiger partial charge in [0.1, 0.15) is 0 Å². The lowest BCUT2D eigenvalue weighted by Gasteiger charge is -2.34. The van der Waals surface area contributed by atoms with Crippen LogP contribution < -0.4 is 9.44 Å². The molecular weight excluding hydrogens is 439 g/mol. The molecule has 0 bridgehead atoms. The minimum atomic E-state index is -3.58. The Kier molecular flexibility index (Phi) is 5.88. The largest absolute Gasteiger partial charge is 0.473 e. The van der Waals surface area contributed by atoms with Crippen molar-refractivity contribution in [2.75, 3.05) is 22.0 Å². The second-order valence-corrected chi connectivity index (χ2v) is 12.7. The maximum atomic E-state index is 11.9. The summed E-state index contributed by atoms with van der Waals surface area (Å²) < 4.78 is 65.1. The van der Waals surface area contributed by atoms with Gasteiger partial charge < -0.3 is 9.31 Å². The summed E-state index contributed by atoms with van der Waals surface area (Å²) in [4.78, 5) is 0. The molecule has 31 heavy (non-hydrogen) atoms. The molecule has 2 N–H and O–H groups in total. The van der Waals surface area contributed by atoms with E-state index < -0.39 is 43.7 Å². The lowest BCUT2D eigenvalue weighted by atomic mass is 9.51. The molecule has 1 aliphatic heterocycles. The minimum absolute atomic E-state index is 0.241. The standard InChI is InChI=1S/C20H29BN2O6S2/c1-18(2)19(3,4)29-21(28-18)20(10-8-7-9-11-20)15-12-16(22-30(5,24)25)14-17(13-15)23-31(6,26)27/h7-10,12-14,22-23H,11H2,1-6H3. The molecule has 170 valence electrons. The third kappa shape index (κ3) is 5.16. The highest BCUT2D eigenvalue weighted by Crippen LogP contribution is 2.47. The van der Waals surface area contributed by atoms with E-state index in [9.17, 15) is 16.8 Å². The second-order valence-electron chi connectivity index (χ2n) is 9.17. The second kappa shape index (κ2) is 7.65. The van der Waals surface area contributed by atoms with Crippen LogP contribution in [0.15, 0.2) is 42.5 Å². The smallest absolute Gasteiger partial charge is 0.402 e. The molecule has 1 fully saturated rings. The van der Waals surface area contributed by atoms with E-state index in [1.54, 1.807) is 12.1 Å². The summed E-state index contributed by atoms with van der Waals surface area (Å²) >= 11 is 0. The van der Waals surface area contributed by atoms with Crippen LogP contribution in [-0.2, 0) is 34.7 Å². The number of allylic oxidation sites excluding steroid dienone is 4. The predicted molar refractivity (Wildman–Crippen MR) is 124 cm³/mol. The fourth-order valence-corrected chi connectivity index (χ4v) is 4.75. The van der Waals surface area contributed by atoms with Gasteiger partial charge in [0.15, 0.2) is 0 Å². The molecule has 1 aromatic carbocycles. The van der Waals surface area contributed by atoms with Gasteiger partial charge in [-0.05, 0) is 57.9 Å². The Morgan fingerprint density at radius 3 is 1.71 bits per heavy atom. The molecule has 1 atom stereocenters. The molecule has 0 saturated carbocycles. The summed E-state index contributed by atoms with van der Waals surface area (Å²) in [6.07, 6.45) is 10.3. The zero-order valence-electron chi connectivity index (χ0n) is 18.6. The minimum Gasteiger partial charge on any atom is -0.402 e. The number of anilines is 2. The van der Waals surface area contributed by atoms with Gasteiger partial charge in [-0.3, -0.25) is 9.44 Å². The molecular formula is C20H29BN2O6S2. The number of rotatable bonds is 6. The van der Waals surface area contributed by atoms with Gasteiger partial charge in [0.2, 0.25) is 20.0 Å². The predicted octanol–water partition coefficient (Wildman–Crippen LogP) is 2.81. The number of sulfonamides is 2. The van der Waals surface area contributed by atoms with Crippen molar-refractivity contribution in [2.45, 2.75) is 50.6 Å². The van der Waals surface area contributed by atoms with Gasteiger partial charge >= 0.3 is 7.12 Å². The summed E-state index contributed by atoms with van der Waals surface area (Å²) in [6.45, 7) is 7.84. The van der Waals surface area contributed by atoms with Crippen LogP contribution in [0.5, 0.6) is 0 Å². The van der Waals surface area contributed by atoms with Crippen molar-refractivity contribution in [1.82, 2.24) is 0 Å². The van der Waals surface area contributed by atoms with Crippen LogP contribution in [0.2, 0.25) is 0 Å². The Hall–Kier alpha value is -1.82. The number of hydrogen-bond acceptors (Lipinski definition) is 6. The van der Waals surface area contributed by atoms with Gasteiger partial charge in [0.05, 0.1) is 40.4 Å². The van der Waals surface area contributed by atoms with Crippen LogP contribution in [0.1, 0.15) is 39.7 Å². The first-order valence-corrected chi connectivity index (χ1v) is 13.6. The molecule has 3 rings (SSSR count). The van der Waals surface area contributed by atoms with Crippen molar-refractivity contribution >= 4 is 38.5 Å². The van der Waals surface area contributed by atoms with E-state index in [2.05, 4.69) is 9.44 Å². The van der Waals surface area contributed by atoms with Crippen LogP contribution in [0.4, 0.5) is 11.4 Å². The number of nitrogens with one attached hydrogen (secondary N) is 2. The Bertz CT molecular complexity index is 1070. The Morgan fingerprint density at radius 2 is 1.32 bits per heavy atom. The highest BCUT2D eigenvalue weighted by molar-refractivity contribution is 7.92. The van der Waals surface area contributed by atoms with E-state index in [0.29, 0.717) is 12.0 Å². The Labute approximate surface area is 185 Å². The van der Waals surface area contributed by atoms with E-state index in [0.717, 1.165) is 12.5 Å². The molecule has 1 aromatic rings. The third-order valence-corrected chi connectivity index (χ3v) is 7.06. The lowest BCUT2D eigenvalue weighted by molar-refractivity contribution is 0.00578. The topological polar surface area (TPSA) is 111 Å². The van der Waals surface area contributed by atoms with Crippen molar-refractivity contribution in [3.8, 4) is 0 Å². The zero-order valence-corrected chi connectivity index (χ0v) is 20.2. The maximum absolute atomic E-state index is 11.9. The third-order valence-electron chi connectivity index (χ3n) is 5.85. The molecule has 1 heterocycles. The number of benzene rings is 1. The van der Waals surface area contributed by atoms with Gasteiger partial charge in [-0.2, -0.15) is 0 Å². The molecule has 1 aliphatic carbocycles. The Morgan fingerprint density at radius 1 is 0.839 bits per heavy atom. The molecule has 0 radical (unpaired) electrons. The van der Waals surface area contributed by atoms with Crippen molar-refractivity contribution in [3.63, 3.8) is 0 Å². The summed E-state index contributed by atoms with van der Waals surface area (Å²) in [5, 5.41) is -0.789. The molecule has 0 spiro atoms. The fourth-order valence-electron chi connectivity index (χ4n) is 3.66. The summed E-state index contributed by atoms with van der Waals surface area (Å²) in [6, 6.07) is 4.80. The van der Waals surface area contributed by atoms with E-state index >= 15 is 0 Å². The average molecular weight is 468 g/mol. The monoisotopic (exact) mass is 468 g/mol. The van der Waals surface area contributed by atoms with Crippen molar-refractivity contribution in [3.05, 3.63) is 48.1 Å². The van der Waals surface area contributed by atoms with Gasteiger partial charge in [-0.15, -0.1) is 0 Å². The van der Waals surface area contributed by atoms with E-state index in [-0.39, 0.29) is 11.4 Å². The van der Waals surface area contributed by atoms with Crippen LogP contribution in [0, 0.1) is 0 Å². The fraction of sp³-hybridized carbons (Fsp3) is 0.500. The quantitative estimate of drug-likeness (QED) is 0.622. The van der Waals surface area contributed by atoms with Crippen LogP contribution in [0.3, 0.4) is 0 Å². The van der Waals surface area contributed by atoms with Gasteiger partial charge in [-0.25, -0.2) is 16.8 Å². The molecule has 1 saturated heterocycles. The summed E-state index contributed by atoms with van der Waals surface area (Å²) in [7, 11) is -7.83. The first-order chi connectivity index (χ1) is 14.0. The SMILES string of the molecule is CC1(C)OB(C2(c3cc(NS(C)(=O)=O)cc(NS(C)(=O)=O)c3)C=CC=CC2)OC1(C)C. The first kappa shape index (κ1) is 23.8. The zero-order chi connectivity index (χ0) is 23.3. The summed E-state index contributed by atoms with van der Waals surface area (Å²) in [5.74, 6) is 0.